The molecule has 1 aliphatic rings. The first-order chi connectivity index (χ1) is 12.4. The molecule has 1 N–H and O–H groups in total. The van der Waals surface area contributed by atoms with Crippen LogP contribution < -0.4 is 5.32 Å². The van der Waals surface area contributed by atoms with Crippen LogP contribution in [0.2, 0.25) is 0 Å². The molecule has 7 heteroatoms. The van der Waals surface area contributed by atoms with Gasteiger partial charge in [-0.2, -0.15) is 4.31 Å². The Morgan fingerprint density at radius 3 is 2.31 bits per heavy atom. The second-order valence-corrected chi connectivity index (χ2v) is 8.70. The van der Waals surface area contributed by atoms with Crippen molar-refractivity contribution in [1.82, 2.24) is 4.31 Å². The first-order valence-electron chi connectivity index (χ1n) is 8.84. The fraction of sp³-hybridized carbons (Fsp3) is 0.421. The Labute approximate surface area is 154 Å². The molecule has 1 aliphatic carbocycles. The summed E-state index contributed by atoms with van der Waals surface area (Å²) in [6.45, 7) is 1.76. The maximum Gasteiger partial charge on any atom is 0.291 e. The molecule has 0 aliphatic heterocycles. The van der Waals surface area contributed by atoms with Crippen molar-refractivity contribution in [3.8, 4) is 0 Å². The molecule has 1 aromatic carbocycles. The minimum atomic E-state index is -3.53. The normalized spacial score (nSPS) is 16.0. The summed E-state index contributed by atoms with van der Waals surface area (Å²) >= 11 is 0. The van der Waals surface area contributed by atoms with E-state index >= 15 is 0 Å². The molecule has 6 nitrogen and oxygen atoms in total. The van der Waals surface area contributed by atoms with Crippen LogP contribution >= 0.6 is 0 Å². The second kappa shape index (κ2) is 7.63. The van der Waals surface area contributed by atoms with E-state index in [4.69, 9.17) is 4.42 Å². The molecule has 1 saturated carbocycles. The highest BCUT2D eigenvalue weighted by molar-refractivity contribution is 7.89. The Morgan fingerprint density at radius 2 is 1.73 bits per heavy atom. The molecular formula is C19H24N2O4S. The van der Waals surface area contributed by atoms with E-state index in [9.17, 15) is 13.2 Å². The van der Waals surface area contributed by atoms with E-state index in [1.165, 1.54) is 22.9 Å². The molecule has 140 valence electrons. The summed E-state index contributed by atoms with van der Waals surface area (Å²) in [6, 6.07) is 9.61. The number of anilines is 1. The van der Waals surface area contributed by atoms with Gasteiger partial charge in [-0.25, -0.2) is 8.42 Å². The van der Waals surface area contributed by atoms with E-state index in [2.05, 4.69) is 5.32 Å². The number of nitrogens with one attached hydrogen (secondary N) is 1. The molecule has 0 unspecified atom stereocenters. The topological polar surface area (TPSA) is 79.6 Å². The number of carbonyl (C=O) groups is 1. The average molecular weight is 376 g/mol. The first kappa shape index (κ1) is 18.7. The summed E-state index contributed by atoms with van der Waals surface area (Å²) in [5.74, 6) is 0.506. The van der Waals surface area contributed by atoms with Gasteiger partial charge >= 0.3 is 0 Å². The lowest BCUT2D eigenvalue weighted by atomic mass is 9.96. The van der Waals surface area contributed by atoms with Gasteiger partial charge in [0, 0.05) is 18.8 Å². The molecule has 26 heavy (non-hydrogen) atoms. The minimum absolute atomic E-state index is 0.0651. The van der Waals surface area contributed by atoms with Gasteiger partial charge in [-0.1, -0.05) is 19.3 Å². The molecule has 0 bridgehead atoms. The zero-order valence-corrected chi connectivity index (χ0v) is 15.9. The Balaban J connectivity index is 1.70. The lowest BCUT2D eigenvalue weighted by molar-refractivity contribution is 0.0995. The van der Waals surface area contributed by atoms with Gasteiger partial charge in [0.1, 0.15) is 5.76 Å². The molecule has 3 rings (SSSR count). The molecule has 1 aromatic heterocycles. The van der Waals surface area contributed by atoms with Crippen LogP contribution in [-0.2, 0) is 10.0 Å². The molecule has 0 saturated heterocycles. The van der Waals surface area contributed by atoms with Crippen molar-refractivity contribution in [3.63, 3.8) is 0 Å². The van der Waals surface area contributed by atoms with Crippen molar-refractivity contribution in [2.45, 2.75) is 50.0 Å². The van der Waals surface area contributed by atoms with E-state index in [-0.39, 0.29) is 22.6 Å². The highest BCUT2D eigenvalue weighted by atomic mass is 32.2. The lowest BCUT2D eigenvalue weighted by Crippen LogP contribution is -2.38. The van der Waals surface area contributed by atoms with Crippen molar-refractivity contribution in [2.75, 3.05) is 12.4 Å². The molecule has 0 radical (unpaired) electrons. The van der Waals surface area contributed by atoms with Crippen LogP contribution in [0.25, 0.3) is 0 Å². The van der Waals surface area contributed by atoms with Crippen LogP contribution in [0, 0.1) is 6.92 Å². The number of amides is 1. The van der Waals surface area contributed by atoms with E-state index in [0.29, 0.717) is 11.4 Å². The number of hydrogen-bond donors (Lipinski definition) is 1. The molecule has 1 heterocycles. The number of benzene rings is 1. The quantitative estimate of drug-likeness (QED) is 0.861. The Bertz CT molecular complexity index is 865. The molecule has 2 aromatic rings. The SMILES string of the molecule is Cc1ccc(C(=O)Nc2ccc(S(=O)(=O)N(C)C3CCCCC3)cc2)o1. The van der Waals surface area contributed by atoms with E-state index < -0.39 is 10.0 Å². The Morgan fingerprint density at radius 1 is 1.08 bits per heavy atom. The van der Waals surface area contributed by atoms with Gasteiger partial charge in [-0.05, 0) is 56.2 Å². The Kier molecular flexibility index (Phi) is 5.48. The number of carbonyl (C=O) groups excluding carboxylic acids is 1. The van der Waals surface area contributed by atoms with Crippen LogP contribution in [0.1, 0.15) is 48.4 Å². The molecule has 1 amide bonds. The summed E-state index contributed by atoms with van der Waals surface area (Å²) in [6.07, 6.45) is 5.14. The Hall–Kier alpha value is -2.12. The fourth-order valence-corrected chi connectivity index (χ4v) is 4.68. The molecular weight excluding hydrogens is 352 g/mol. The summed E-state index contributed by atoms with van der Waals surface area (Å²) < 4.78 is 32.4. The van der Waals surface area contributed by atoms with Gasteiger partial charge < -0.3 is 9.73 Å². The molecule has 0 atom stereocenters. The third-order valence-corrected chi connectivity index (χ3v) is 6.77. The van der Waals surface area contributed by atoms with Gasteiger partial charge in [0.05, 0.1) is 4.90 Å². The smallest absolute Gasteiger partial charge is 0.291 e. The minimum Gasteiger partial charge on any atom is -0.456 e. The molecule has 1 fully saturated rings. The van der Waals surface area contributed by atoms with Gasteiger partial charge in [-0.3, -0.25) is 4.79 Å². The summed E-state index contributed by atoms with van der Waals surface area (Å²) in [5.41, 5.74) is 0.517. The zero-order chi connectivity index (χ0) is 18.7. The van der Waals surface area contributed by atoms with Crippen molar-refractivity contribution in [3.05, 3.63) is 47.9 Å². The second-order valence-electron chi connectivity index (χ2n) is 6.70. The van der Waals surface area contributed by atoms with Crippen LogP contribution in [0.3, 0.4) is 0 Å². The largest absolute Gasteiger partial charge is 0.456 e. The number of hydrogen-bond acceptors (Lipinski definition) is 4. The highest BCUT2D eigenvalue weighted by Gasteiger charge is 2.28. The number of nitrogens with zero attached hydrogens (tertiary/aromatic N) is 1. The van der Waals surface area contributed by atoms with Crippen LogP contribution in [0.4, 0.5) is 5.69 Å². The average Bonchev–Trinajstić information content (AvgIpc) is 3.09. The first-order valence-corrected chi connectivity index (χ1v) is 10.3. The number of rotatable bonds is 5. The monoisotopic (exact) mass is 376 g/mol. The van der Waals surface area contributed by atoms with Crippen molar-refractivity contribution < 1.29 is 17.6 Å². The van der Waals surface area contributed by atoms with E-state index in [1.807, 2.05) is 0 Å². The van der Waals surface area contributed by atoms with Crippen molar-refractivity contribution >= 4 is 21.6 Å². The predicted octanol–water partition coefficient (Wildman–Crippen LogP) is 3.79. The standard InChI is InChI=1S/C19H24N2O4S/c1-14-8-13-18(25-14)19(22)20-15-9-11-17(12-10-15)26(23,24)21(2)16-6-4-3-5-7-16/h8-13,16H,3-7H2,1-2H3,(H,20,22). The third kappa shape index (κ3) is 3.99. The van der Waals surface area contributed by atoms with Gasteiger partial charge in [0.15, 0.2) is 5.76 Å². The van der Waals surface area contributed by atoms with Crippen molar-refractivity contribution in [2.24, 2.45) is 0 Å². The van der Waals surface area contributed by atoms with Gasteiger partial charge in [0.2, 0.25) is 10.0 Å². The van der Waals surface area contributed by atoms with Gasteiger partial charge in [-0.15, -0.1) is 0 Å². The van der Waals surface area contributed by atoms with Crippen LogP contribution in [0.15, 0.2) is 45.7 Å². The maximum absolute atomic E-state index is 12.8. The predicted molar refractivity (Wildman–Crippen MR) is 99.7 cm³/mol. The van der Waals surface area contributed by atoms with Crippen LogP contribution in [-0.4, -0.2) is 31.7 Å². The van der Waals surface area contributed by atoms with Crippen LogP contribution in [0.5, 0.6) is 0 Å². The summed E-state index contributed by atoms with van der Waals surface area (Å²) in [7, 11) is -1.88. The van der Waals surface area contributed by atoms with Gasteiger partial charge in [0.25, 0.3) is 5.91 Å². The maximum atomic E-state index is 12.8. The zero-order valence-electron chi connectivity index (χ0n) is 15.1. The number of sulfonamides is 1. The van der Waals surface area contributed by atoms with E-state index in [1.54, 1.807) is 38.2 Å². The molecule has 0 spiro atoms. The van der Waals surface area contributed by atoms with E-state index in [0.717, 1.165) is 25.7 Å². The fourth-order valence-electron chi connectivity index (χ4n) is 3.27. The third-order valence-electron chi connectivity index (χ3n) is 4.84. The lowest BCUT2D eigenvalue weighted by Gasteiger charge is -2.30. The highest BCUT2D eigenvalue weighted by Crippen LogP contribution is 2.27. The summed E-state index contributed by atoms with van der Waals surface area (Å²) in [4.78, 5) is 12.3. The van der Waals surface area contributed by atoms with Crippen molar-refractivity contribution in [1.29, 1.82) is 0 Å². The summed E-state index contributed by atoms with van der Waals surface area (Å²) in [5, 5.41) is 2.70. The number of aryl methyl sites for hydroxylation is 1. The number of furan rings is 1.